The van der Waals surface area contributed by atoms with Crippen molar-refractivity contribution in [3.05, 3.63) is 22.1 Å². The maximum Gasteiger partial charge on any atom is 0.179 e. The number of aromatic nitrogens is 3. The first-order valence-corrected chi connectivity index (χ1v) is 7.15. The van der Waals surface area contributed by atoms with Crippen LogP contribution < -0.4 is 0 Å². The Morgan fingerprint density at radius 2 is 2.37 bits per heavy atom. The second-order valence-corrected chi connectivity index (χ2v) is 6.40. The molecule has 1 saturated heterocycles. The van der Waals surface area contributed by atoms with Gasteiger partial charge in [0.05, 0.1) is 16.1 Å². The number of nitrogens with one attached hydrogen (secondary N) is 1. The standard InChI is InChI=1S/C13H16ClN3OS/c1-13(2)6-9(3-4-18-13)17-11-10(16-12(17)19)5-8(14)7-15-11/h5,7,9H,3-4,6H2,1-2H3,(H,16,19). The van der Waals surface area contributed by atoms with Crippen LogP contribution in [-0.4, -0.2) is 26.7 Å². The summed E-state index contributed by atoms with van der Waals surface area (Å²) in [5.74, 6) is 0. The van der Waals surface area contributed by atoms with Crippen molar-refractivity contribution in [2.75, 3.05) is 6.61 Å². The Hall–Kier alpha value is -0.910. The lowest BCUT2D eigenvalue weighted by Crippen LogP contribution is -2.35. The topological polar surface area (TPSA) is 42.8 Å². The number of H-pyrrole nitrogens is 1. The monoisotopic (exact) mass is 297 g/mol. The van der Waals surface area contributed by atoms with Crippen LogP contribution in [0.25, 0.3) is 11.2 Å². The molecule has 0 amide bonds. The normalized spacial score (nSPS) is 22.8. The van der Waals surface area contributed by atoms with Gasteiger partial charge in [0.2, 0.25) is 0 Å². The zero-order valence-corrected chi connectivity index (χ0v) is 12.5. The summed E-state index contributed by atoms with van der Waals surface area (Å²) in [7, 11) is 0. The zero-order chi connectivity index (χ0) is 13.6. The molecule has 4 nitrogen and oxygen atoms in total. The highest BCUT2D eigenvalue weighted by molar-refractivity contribution is 7.71. The summed E-state index contributed by atoms with van der Waals surface area (Å²) in [6.07, 6.45) is 3.54. The van der Waals surface area contributed by atoms with Gasteiger partial charge in [-0.05, 0) is 45.0 Å². The van der Waals surface area contributed by atoms with Crippen LogP contribution in [0.15, 0.2) is 12.3 Å². The van der Waals surface area contributed by atoms with E-state index in [-0.39, 0.29) is 5.60 Å². The number of rotatable bonds is 1. The lowest BCUT2D eigenvalue weighted by molar-refractivity contribution is -0.0687. The van der Waals surface area contributed by atoms with Crippen LogP contribution in [-0.2, 0) is 4.74 Å². The number of aromatic amines is 1. The van der Waals surface area contributed by atoms with E-state index in [1.54, 1.807) is 6.20 Å². The summed E-state index contributed by atoms with van der Waals surface area (Å²) < 4.78 is 8.57. The molecular weight excluding hydrogens is 282 g/mol. The molecule has 2 aromatic rings. The van der Waals surface area contributed by atoms with Crippen molar-refractivity contribution in [1.82, 2.24) is 14.5 Å². The van der Waals surface area contributed by atoms with Crippen LogP contribution in [0.4, 0.5) is 0 Å². The van der Waals surface area contributed by atoms with E-state index in [4.69, 9.17) is 28.6 Å². The quantitative estimate of drug-likeness (QED) is 0.812. The van der Waals surface area contributed by atoms with Crippen LogP contribution in [0.1, 0.15) is 32.7 Å². The molecule has 19 heavy (non-hydrogen) atoms. The van der Waals surface area contributed by atoms with Gasteiger partial charge in [0.15, 0.2) is 10.4 Å². The van der Waals surface area contributed by atoms with Crippen LogP contribution in [0.3, 0.4) is 0 Å². The number of pyridine rings is 1. The fraction of sp³-hybridized carbons (Fsp3) is 0.538. The van der Waals surface area contributed by atoms with E-state index in [1.165, 1.54) is 0 Å². The third-order valence-electron chi connectivity index (χ3n) is 3.56. The average molecular weight is 298 g/mol. The third-order valence-corrected chi connectivity index (χ3v) is 4.06. The predicted molar refractivity (Wildman–Crippen MR) is 78.2 cm³/mol. The van der Waals surface area contributed by atoms with Gasteiger partial charge in [0.25, 0.3) is 0 Å². The first-order chi connectivity index (χ1) is 8.96. The molecule has 0 aromatic carbocycles. The van der Waals surface area contributed by atoms with Crippen molar-refractivity contribution >= 4 is 35.0 Å². The lowest BCUT2D eigenvalue weighted by atomic mass is 9.94. The molecular formula is C13H16ClN3OS. The highest BCUT2D eigenvalue weighted by Gasteiger charge is 2.31. The average Bonchev–Trinajstić information content (AvgIpc) is 2.62. The number of imidazole rings is 1. The van der Waals surface area contributed by atoms with Gasteiger partial charge < -0.3 is 9.72 Å². The Balaban J connectivity index is 2.09. The molecule has 1 atom stereocenters. The van der Waals surface area contributed by atoms with Crippen LogP contribution in [0.2, 0.25) is 5.02 Å². The van der Waals surface area contributed by atoms with E-state index < -0.39 is 0 Å². The summed E-state index contributed by atoms with van der Waals surface area (Å²) in [5.41, 5.74) is 1.65. The van der Waals surface area contributed by atoms with Gasteiger partial charge in [0.1, 0.15) is 0 Å². The molecule has 1 aliphatic rings. The minimum atomic E-state index is -0.117. The van der Waals surface area contributed by atoms with Gasteiger partial charge in [0, 0.05) is 18.8 Å². The van der Waals surface area contributed by atoms with E-state index in [0.29, 0.717) is 15.8 Å². The molecule has 6 heteroatoms. The van der Waals surface area contributed by atoms with Crippen molar-refractivity contribution in [2.24, 2.45) is 0 Å². The fourth-order valence-electron chi connectivity index (χ4n) is 2.75. The molecule has 3 heterocycles. The SMILES string of the molecule is CC1(C)CC(n2c(=S)[nH]c3cc(Cl)cnc32)CCO1. The van der Waals surface area contributed by atoms with E-state index in [0.717, 1.165) is 30.6 Å². The first-order valence-electron chi connectivity index (χ1n) is 6.36. The Morgan fingerprint density at radius 3 is 3.11 bits per heavy atom. The highest BCUT2D eigenvalue weighted by Crippen LogP contribution is 2.34. The molecule has 1 N–H and O–H groups in total. The molecule has 0 radical (unpaired) electrons. The molecule has 0 aliphatic carbocycles. The van der Waals surface area contributed by atoms with Gasteiger partial charge in [-0.2, -0.15) is 0 Å². The summed E-state index contributed by atoms with van der Waals surface area (Å²) in [5, 5.41) is 0.614. The van der Waals surface area contributed by atoms with Crippen LogP contribution in [0.5, 0.6) is 0 Å². The Morgan fingerprint density at radius 1 is 1.58 bits per heavy atom. The number of nitrogens with zero attached hydrogens (tertiary/aromatic N) is 2. The number of hydrogen-bond donors (Lipinski definition) is 1. The molecule has 102 valence electrons. The highest BCUT2D eigenvalue weighted by atomic mass is 35.5. The van der Waals surface area contributed by atoms with Crippen molar-refractivity contribution in [3.8, 4) is 0 Å². The van der Waals surface area contributed by atoms with E-state index in [2.05, 4.69) is 28.4 Å². The zero-order valence-electron chi connectivity index (χ0n) is 10.9. The number of ether oxygens (including phenoxy) is 1. The van der Waals surface area contributed by atoms with Gasteiger partial charge in [-0.25, -0.2) is 4.98 Å². The lowest BCUT2D eigenvalue weighted by Gasteiger charge is -2.36. The van der Waals surface area contributed by atoms with Crippen molar-refractivity contribution in [3.63, 3.8) is 0 Å². The van der Waals surface area contributed by atoms with Crippen LogP contribution in [0, 0.1) is 4.77 Å². The van der Waals surface area contributed by atoms with E-state index >= 15 is 0 Å². The van der Waals surface area contributed by atoms with Gasteiger partial charge in [-0.15, -0.1) is 0 Å². The summed E-state index contributed by atoms with van der Waals surface area (Å²) in [6, 6.07) is 2.18. The largest absolute Gasteiger partial charge is 0.375 e. The maximum atomic E-state index is 5.97. The second-order valence-electron chi connectivity index (χ2n) is 5.58. The molecule has 1 unspecified atom stereocenters. The summed E-state index contributed by atoms with van der Waals surface area (Å²) >= 11 is 11.4. The first kappa shape index (κ1) is 13.1. The minimum Gasteiger partial charge on any atom is -0.375 e. The molecule has 1 aliphatic heterocycles. The summed E-state index contributed by atoms with van der Waals surface area (Å²) in [4.78, 5) is 7.60. The van der Waals surface area contributed by atoms with Gasteiger partial charge in [-0.1, -0.05) is 11.6 Å². The molecule has 0 saturated carbocycles. The Kier molecular flexibility index (Phi) is 3.15. The third kappa shape index (κ3) is 2.42. The smallest absolute Gasteiger partial charge is 0.179 e. The Labute approximate surface area is 121 Å². The van der Waals surface area contributed by atoms with Crippen molar-refractivity contribution in [2.45, 2.75) is 38.3 Å². The summed E-state index contributed by atoms with van der Waals surface area (Å²) in [6.45, 7) is 4.98. The minimum absolute atomic E-state index is 0.117. The van der Waals surface area contributed by atoms with E-state index in [9.17, 15) is 0 Å². The van der Waals surface area contributed by atoms with E-state index in [1.807, 2.05) is 6.07 Å². The molecule has 0 spiro atoms. The molecule has 1 fully saturated rings. The second kappa shape index (κ2) is 4.58. The number of fused-ring (bicyclic) bond motifs is 1. The molecule has 0 bridgehead atoms. The number of hydrogen-bond acceptors (Lipinski definition) is 3. The van der Waals surface area contributed by atoms with Crippen LogP contribution >= 0.6 is 23.8 Å². The maximum absolute atomic E-state index is 5.97. The predicted octanol–water partition coefficient (Wildman–Crippen LogP) is 3.88. The fourth-order valence-corrected chi connectivity index (χ4v) is 3.25. The van der Waals surface area contributed by atoms with Gasteiger partial charge >= 0.3 is 0 Å². The van der Waals surface area contributed by atoms with Crippen molar-refractivity contribution in [1.29, 1.82) is 0 Å². The molecule has 3 rings (SSSR count). The number of halogens is 1. The molecule has 2 aromatic heterocycles. The Bertz CT molecular complexity index is 676. The van der Waals surface area contributed by atoms with Crippen molar-refractivity contribution < 1.29 is 4.74 Å². The van der Waals surface area contributed by atoms with Gasteiger partial charge in [-0.3, -0.25) is 4.57 Å².